The summed E-state index contributed by atoms with van der Waals surface area (Å²) in [5, 5.41) is 0. The maximum absolute atomic E-state index is 11.5. The molecule has 0 radical (unpaired) electrons. The Hall–Kier alpha value is -0.710. The van der Waals surface area contributed by atoms with E-state index in [9.17, 15) is 9.59 Å². The van der Waals surface area contributed by atoms with Crippen LogP contribution in [0.4, 0.5) is 4.79 Å². The van der Waals surface area contributed by atoms with Gasteiger partial charge in [-0.15, -0.1) is 11.8 Å². The molecular weight excluding hydrogens is 202 g/mol. The molecule has 2 amide bonds. The molecule has 82 valence electrons. The third-order valence-corrected chi connectivity index (χ3v) is 1.77. The summed E-state index contributed by atoms with van der Waals surface area (Å²) in [6.45, 7) is 6.65. The van der Waals surface area contributed by atoms with Crippen LogP contribution < -0.4 is 0 Å². The van der Waals surface area contributed by atoms with E-state index in [1.807, 2.05) is 6.26 Å². The Morgan fingerprint density at radius 2 is 1.86 bits per heavy atom. The number of ether oxygens (including phenoxy) is 1. The molecule has 0 N–H and O–H groups in total. The van der Waals surface area contributed by atoms with Crippen molar-refractivity contribution in [2.24, 2.45) is 0 Å². The third kappa shape index (κ3) is 5.11. The maximum Gasteiger partial charge on any atom is 0.417 e. The van der Waals surface area contributed by atoms with Gasteiger partial charge >= 0.3 is 6.09 Å². The minimum Gasteiger partial charge on any atom is -0.443 e. The molecule has 0 aromatic rings. The molecule has 0 aromatic carbocycles. The first-order valence-electron chi connectivity index (χ1n) is 4.28. The lowest BCUT2D eigenvalue weighted by atomic mass is 10.2. The molecule has 14 heavy (non-hydrogen) atoms. The van der Waals surface area contributed by atoms with E-state index in [1.165, 1.54) is 18.7 Å². The van der Waals surface area contributed by atoms with Gasteiger partial charge in [0.15, 0.2) is 0 Å². The van der Waals surface area contributed by atoms with Gasteiger partial charge in [-0.2, -0.15) is 0 Å². The first-order valence-corrected chi connectivity index (χ1v) is 5.67. The molecule has 0 atom stereocenters. The molecule has 0 aromatic heterocycles. The number of carbonyl (C=O) groups is 2. The minimum absolute atomic E-state index is 0.298. The first-order chi connectivity index (χ1) is 6.28. The highest BCUT2D eigenvalue weighted by atomic mass is 32.2. The van der Waals surface area contributed by atoms with Crippen molar-refractivity contribution in [1.29, 1.82) is 0 Å². The van der Waals surface area contributed by atoms with Crippen molar-refractivity contribution >= 4 is 23.8 Å². The quantitative estimate of drug-likeness (QED) is 0.667. The second kappa shape index (κ2) is 5.24. The molecule has 0 rings (SSSR count). The van der Waals surface area contributed by atoms with E-state index in [2.05, 4.69) is 0 Å². The Morgan fingerprint density at radius 3 is 2.14 bits per heavy atom. The van der Waals surface area contributed by atoms with Crippen LogP contribution >= 0.6 is 11.8 Å². The lowest BCUT2D eigenvalue weighted by Gasteiger charge is -2.24. The molecule has 0 fully saturated rings. The van der Waals surface area contributed by atoms with Crippen molar-refractivity contribution < 1.29 is 14.3 Å². The number of imide groups is 1. The van der Waals surface area contributed by atoms with Gasteiger partial charge in [0.1, 0.15) is 5.60 Å². The Kier molecular flexibility index (Phi) is 4.97. The summed E-state index contributed by atoms with van der Waals surface area (Å²) in [4.78, 5) is 23.6. The molecule has 5 heteroatoms. The van der Waals surface area contributed by atoms with E-state index >= 15 is 0 Å². The van der Waals surface area contributed by atoms with Crippen LogP contribution in [-0.4, -0.2) is 34.6 Å². The standard InChI is InChI=1S/C9H17NO3S/c1-7(11)10(6-14-5)8(12)13-9(2,3)4/h6H2,1-5H3. The van der Waals surface area contributed by atoms with Crippen LogP contribution in [0.1, 0.15) is 27.7 Å². The van der Waals surface area contributed by atoms with E-state index in [0.29, 0.717) is 5.88 Å². The minimum atomic E-state index is -0.584. The Morgan fingerprint density at radius 1 is 1.36 bits per heavy atom. The summed E-state index contributed by atoms with van der Waals surface area (Å²) in [7, 11) is 0. The highest BCUT2D eigenvalue weighted by Crippen LogP contribution is 2.11. The Balaban J connectivity index is 4.38. The van der Waals surface area contributed by atoms with Gasteiger partial charge in [0.05, 0.1) is 5.88 Å². The van der Waals surface area contributed by atoms with E-state index in [0.717, 1.165) is 4.90 Å². The topological polar surface area (TPSA) is 46.6 Å². The summed E-state index contributed by atoms with van der Waals surface area (Å²) in [5.74, 6) is 0.0261. The number of nitrogens with zero attached hydrogens (tertiary/aromatic N) is 1. The van der Waals surface area contributed by atoms with Crippen molar-refractivity contribution in [2.75, 3.05) is 12.1 Å². The zero-order valence-electron chi connectivity index (χ0n) is 9.29. The first kappa shape index (κ1) is 13.3. The number of amides is 2. The molecule has 0 aliphatic carbocycles. The molecule has 0 aliphatic rings. The van der Waals surface area contributed by atoms with Crippen LogP contribution in [0, 0.1) is 0 Å². The average molecular weight is 219 g/mol. The smallest absolute Gasteiger partial charge is 0.417 e. The zero-order chi connectivity index (χ0) is 11.4. The van der Waals surface area contributed by atoms with Gasteiger partial charge in [0.2, 0.25) is 5.91 Å². The Labute approximate surface area is 89.0 Å². The molecule has 0 bridgehead atoms. The van der Waals surface area contributed by atoms with E-state index in [4.69, 9.17) is 4.74 Å². The predicted octanol–water partition coefficient (Wildman–Crippen LogP) is 2.09. The van der Waals surface area contributed by atoms with Gasteiger partial charge in [0.25, 0.3) is 0 Å². The van der Waals surface area contributed by atoms with Gasteiger partial charge in [-0.25, -0.2) is 9.69 Å². The van der Waals surface area contributed by atoms with Gasteiger partial charge in [-0.05, 0) is 27.0 Å². The maximum atomic E-state index is 11.5. The third-order valence-electron chi connectivity index (χ3n) is 1.25. The van der Waals surface area contributed by atoms with Gasteiger partial charge < -0.3 is 4.74 Å². The van der Waals surface area contributed by atoms with Crippen molar-refractivity contribution in [3.05, 3.63) is 0 Å². The van der Waals surface area contributed by atoms with Crippen LogP contribution in [-0.2, 0) is 9.53 Å². The predicted molar refractivity (Wildman–Crippen MR) is 57.1 cm³/mol. The molecule has 0 aliphatic heterocycles. The van der Waals surface area contributed by atoms with Crippen molar-refractivity contribution in [3.63, 3.8) is 0 Å². The van der Waals surface area contributed by atoms with E-state index in [1.54, 1.807) is 20.8 Å². The largest absolute Gasteiger partial charge is 0.443 e. The van der Waals surface area contributed by atoms with Crippen LogP contribution in [0.15, 0.2) is 0 Å². The zero-order valence-corrected chi connectivity index (χ0v) is 10.1. The average Bonchev–Trinajstić information content (AvgIpc) is 1.95. The normalized spacial score (nSPS) is 10.9. The summed E-state index contributed by atoms with van der Waals surface area (Å²) in [6, 6.07) is 0. The molecule has 0 spiro atoms. The second-order valence-electron chi connectivity index (χ2n) is 3.85. The lowest BCUT2D eigenvalue weighted by molar-refractivity contribution is -0.127. The van der Waals surface area contributed by atoms with Crippen molar-refractivity contribution in [1.82, 2.24) is 4.90 Å². The highest BCUT2D eigenvalue weighted by molar-refractivity contribution is 7.98. The summed E-state index contributed by atoms with van der Waals surface area (Å²) < 4.78 is 5.07. The monoisotopic (exact) mass is 219 g/mol. The van der Waals surface area contributed by atoms with Crippen LogP contribution in [0.5, 0.6) is 0 Å². The Bertz CT molecular complexity index is 223. The SMILES string of the molecule is CSCN(C(C)=O)C(=O)OC(C)(C)C. The molecule has 0 saturated heterocycles. The number of rotatable bonds is 2. The second-order valence-corrected chi connectivity index (χ2v) is 4.68. The van der Waals surface area contributed by atoms with Gasteiger partial charge in [0, 0.05) is 6.92 Å². The van der Waals surface area contributed by atoms with Gasteiger partial charge in [-0.1, -0.05) is 0 Å². The van der Waals surface area contributed by atoms with Crippen molar-refractivity contribution in [2.45, 2.75) is 33.3 Å². The number of thioether (sulfide) groups is 1. The number of carbonyl (C=O) groups excluding carboxylic acids is 2. The number of hydrogen-bond acceptors (Lipinski definition) is 4. The highest BCUT2D eigenvalue weighted by Gasteiger charge is 2.24. The molecule has 0 unspecified atom stereocenters. The summed E-state index contributed by atoms with van der Waals surface area (Å²) in [5.41, 5.74) is -0.566. The molecule has 0 heterocycles. The van der Waals surface area contributed by atoms with Crippen LogP contribution in [0.3, 0.4) is 0 Å². The number of hydrogen-bond donors (Lipinski definition) is 0. The van der Waals surface area contributed by atoms with E-state index in [-0.39, 0.29) is 5.91 Å². The lowest BCUT2D eigenvalue weighted by Crippen LogP contribution is -2.39. The van der Waals surface area contributed by atoms with Crippen LogP contribution in [0.2, 0.25) is 0 Å². The van der Waals surface area contributed by atoms with Crippen LogP contribution in [0.25, 0.3) is 0 Å². The molecular formula is C9H17NO3S. The molecule has 4 nitrogen and oxygen atoms in total. The molecule has 0 saturated carbocycles. The fraction of sp³-hybridized carbons (Fsp3) is 0.778. The summed E-state index contributed by atoms with van der Waals surface area (Å²) in [6.07, 6.45) is 1.24. The fourth-order valence-electron chi connectivity index (χ4n) is 0.718. The van der Waals surface area contributed by atoms with Crippen molar-refractivity contribution in [3.8, 4) is 0 Å². The fourth-order valence-corrected chi connectivity index (χ4v) is 1.26. The van der Waals surface area contributed by atoms with Gasteiger partial charge in [-0.3, -0.25) is 4.79 Å². The summed E-state index contributed by atoms with van der Waals surface area (Å²) >= 11 is 1.40. The van der Waals surface area contributed by atoms with E-state index < -0.39 is 11.7 Å².